The number of nitrogens with one attached hydrogen (secondary N) is 1. The first-order valence-electron chi connectivity index (χ1n) is 9.06. The lowest BCUT2D eigenvalue weighted by atomic mass is 9.99. The second kappa shape index (κ2) is 8.10. The molecule has 140 valence electrons. The number of rotatable bonds is 6. The molecule has 0 saturated carbocycles. The van der Waals surface area contributed by atoms with Crippen molar-refractivity contribution in [3.05, 3.63) is 54.1 Å². The van der Waals surface area contributed by atoms with Crippen LogP contribution in [0.2, 0.25) is 0 Å². The second-order valence-electron chi connectivity index (χ2n) is 6.60. The Morgan fingerprint density at radius 2 is 1.73 bits per heavy atom. The fraction of sp³-hybridized carbons (Fsp3) is 0.400. The lowest BCUT2D eigenvalue weighted by Crippen LogP contribution is -2.36. The van der Waals surface area contributed by atoms with E-state index in [0.717, 1.165) is 30.8 Å². The molecule has 0 amide bonds. The first kappa shape index (κ1) is 18.7. The predicted molar refractivity (Wildman–Crippen MR) is 105 cm³/mol. The second-order valence-corrected chi connectivity index (χ2v) is 8.28. The van der Waals surface area contributed by atoms with Crippen LogP contribution in [0.4, 0.5) is 11.4 Å². The monoisotopic (exact) mass is 374 g/mol. The summed E-state index contributed by atoms with van der Waals surface area (Å²) in [4.78, 5) is 2.43. The highest BCUT2D eigenvalue weighted by atomic mass is 32.2. The number of nitrogens with zero attached hydrogens (tertiary/aromatic N) is 1. The Labute approximate surface area is 156 Å². The maximum absolute atomic E-state index is 12.8. The Hall–Kier alpha value is -2.05. The molecule has 3 rings (SSSR count). The zero-order valence-electron chi connectivity index (χ0n) is 15.3. The van der Waals surface area contributed by atoms with Gasteiger partial charge in [-0.15, -0.1) is 0 Å². The van der Waals surface area contributed by atoms with Gasteiger partial charge in [0, 0.05) is 13.1 Å². The van der Waals surface area contributed by atoms with Gasteiger partial charge in [-0.25, -0.2) is 8.42 Å². The van der Waals surface area contributed by atoms with E-state index in [4.69, 9.17) is 4.74 Å². The fourth-order valence-corrected chi connectivity index (χ4v) is 4.13. The number of hydrogen-bond donors (Lipinski definition) is 1. The minimum absolute atomic E-state index is 0.279. The highest BCUT2D eigenvalue weighted by Gasteiger charge is 2.19. The lowest BCUT2D eigenvalue weighted by molar-refractivity contribution is 0.123. The summed E-state index contributed by atoms with van der Waals surface area (Å²) in [5.74, 6) is 0.418. The van der Waals surface area contributed by atoms with Crippen LogP contribution in [0.3, 0.4) is 0 Å². The molecule has 1 saturated heterocycles. The highest BCUT2D eigenvalue weighted by molar-refractivity contribution is 7.92. The van der Waals surface area contributed by atoms with Crippen LogP contribution in [0.1, 0.15) is 31.7 Å². The normalized spacial score (nSPS) is 16.3. The van der Waals surface area contributed by atoms with Crippen LogP contribution in [0.15, 0.2) is 53.4 Å². The third-order valence-corrected chi connectivity index (χ3v) is 6.25. The van der Waals surface area contributed by atoms with E-state index in [-0.39, 0.29) is 4.90 Å². The third kappa shape index (κ3) is 4.19. The molecular formula is C20H26N2O3S. The zero-order chi connectivity index (χ0) is 18.6. The Morgan fingerprint density at radius 3 is 2.38 bits per heavy atom. The molecule has 1 atom stereocenters. The molecule has 0 aromatic heterocycles. The number of ether oxygens (including phenoxy) is 1. The van der Waals surface area contributed by atoms with Gasteiger partial charge in [0.2, 0.25) is 0 Å². The van der Waals surface area contributed by atoms with Gasteiger partial charge in [0.05, 0.1) is 29.5 Å². The van der Waals surface area contributed by atoms with Crippen molar-refractivity contribution in [2.24, 2.45) is 0 Å². The van der Waals surface area contributed by atoms with Crippen LogP contribution in [0, 0.1) is 0 Å². The van der Waals surface area contributed by atoms with Crippen molar-refractivity contribution in [3.63, 3.8) is 0 Å². The lowest BCUT2D eigenvalue weighted by Gasteiger charge is -2.30. The molecule has 6 heteroatoms. The van der Waals surface area contributed by atoms with Crippen molar-refractivity contribution in [1.82, 2.24) is 0 Å². The molecule has 1 heterocycles. The number of sulfonamides is 1. The molecule has 1 N–H and O–H groups in total. The maximum Gasteiger partial charge on any atom is 0.261 e. The quantitative estimate of drug-likeness (QED) is 0.835. The molecule has 2 aromatic rings. The molecule has 5 nitrogen and oxygen atoms in total. The van der Waals surface area contributed by atoms with Gasteiger partial charge in [-0.3, -0.25) is 4.72 Å². The highest BCUT2D eigenvalue weighted by Crippen LogP contribution is 2.29. The fourth-order valence-electron chi connectivity index (χ4n) is 3.05. The minimum atomic E-state index is -3.63. The van der Waals surface area contributed by atoms with E-state index in [1.54, 1.807) is 18.2 Å². The van der Waals surface area contributed by atoms with E-state index in [1.165, 1.54) is 0 Å². The number of morpholine rings is 1. The molecule has 2 aromatic carbocycles. The summed E-state index contributed by atoms with van der Waals surface area (Å²) in [6, 6.07) is 14.7. The molecule has 0 aliphatic carbocycles. The molecule has 0 unspecified atom stereocenters. The zero-order valence-corrected chi connectivity index (χ0v) is 16.1. The molecule has 1 aliphatic heterocycles. The van der Waals surface area contributed by atoms with E-state index in [2.05, 4.69) is 23.5 Å². The molecular weight excluding hydrogens is 348 g/mol. The summed E-state index contributed by atoms with van der Waals surface area (Å²) < 4.78 is 33.8. The molecule has 0 bridgehead atoms. The average Bonchev–Trinajstić information content (AvgIpc) is 2.68. The van der Waals surface area contributed by atoms with Gasteiger partial charge in [-0.2, -0.15) is 0 Å². The number of benzene rings is 2. The Morgan fingerprint density at radius 1 is 1.08 bits per heavy atom. The van der Waals surface area contributed by atoms with E-state index >= 15 is 0 Å². The van der Waals surface area contributed by atoms with E-state index in [0.29, 0.717) is 24.8 Å². The van der Waals surface area contributed by atoms with E-state index in [9.17, 15) is 8.42 Å². The van der Waals surface area contributed by atoms with Gasteiger partial charge in [0.15, 0.2) is 0 Å². The van der Waals surface area contributed by atoms with Crippen molar-refractivity contribution in [2.75, 3.05) is 35.9 Å². The van der Waals surface area contributed by atoms with Gasteiger partial charge < -0.3 is 9.64 Å². The average molecular weight is 375 g/mol. The standard InChI is InChI=1S/C20H26N2O3S/c1-3-16(2)17-8-10-18(11-9-17)26(23,24)21-19-6-4-5-7-20(19)22-12-14-25-15-13-22/h4-11,16,21H,3,12-15H2,1-2H3/t16-/m1/s1. The van der Waals surface area contributed by atoms with Crippen LogP contribution < -0.4 is 9.62 Å². The number of para-hydroxylation sites is 2. The van der Waals surface area contributed by atoms with Crippen molar-refractivity contribution in [2.45, 2.75) is 31.1 Å². The number of anilines is 2. The van der Waals surface area contributed by atoms with Crippen LogP contribution in [-0.2, 0) is 14.8 Å². The summed E-state index contributed by atoms with van der Waals surface area (Å²) in [7, 11) is -3.63. The van der Waals surface area contributed by atoms with Crippen molar-refractivity contribution < 1.29 is 13.2 Å². The SMILES string of the molecule is CC[C@@H](C)c1ccc(S(=O)(=O)Nc2ccccc2N2CCOCC2)cc1. The topological polar surface area (TPSA) is 58.6 Å². The molecule has 26 heavy (non-hydrogen) atoms. The Balaban J connectivity index is 1.83. The third-order valence-electron chi connectivity index (χ3n) is 4.87. The predicted octanol–water partition coefficient (Wildman–Crippen LogP) is 3.84. The van der Waals surface area contributed by atoms with Crippen LogP contribution in [0.25, 0.3) is 0 Å². The van der Waals surface area contributed by atoms with Gasteiger partial charge >= 0.3 is 0 Å². The first-order valence-corrected chi connectivity index (χ1v) is 10.5. The first-order chi connectivity index (χ1) is 12.5. The summed E-state index contributed by atoms with van der Waals surface area (Å²) in [5, 5.41) is 0. The minimum Gasteiger partial charge on any atom is -0.378 e. The van der Waals surface area contributed by atoms with Crippen LogP contribution in [0.5, 0.6) is 0 Å². The van der Waals surface area contributed by atoms with E-state index in [1.807, 2.05) is 30.3 Å². The van der Waals surface area contributed by atoms with Gasteiger partial charge in [0.25, 0.3) is 10.0 Å². The van der Waals surface area contributed by atoms with Gasteiger partial charge in [-0.1, -0.05) is 38.1 Å². The van der Waals surface area contributed by atoms with Crippen LogP contribution >= 0.6 is 0 Å². The van der Waals surface area contributed by atoms with Crippen molar-refractivity contribution in [3.8, 4) is 0 Å². The largest absolute Gasteiger partial charge is 0.378 e. The van der Waals surface area contributed by atoms with Crippen molar-refractivity contribution >= 4 is 21.4 Å². The smallest absolute Gasteiger partial charge is 0.261 e. The number of hydrogen-bond acceptors (Lipinski definition) is 4. The van der Waals surface area contributed by atoms with Gasteiger partial charge in [0.1, 0.15) is 0 Å². The molecule has 0 radical (unpaired) electrons. The summed E-state index contributed by atoms with van der Waals surface area (Å²) >= 11 is 0. The van der Waals surface area contributed by atoms with Gasteiger partial charge in [-0.05, 0) is 42.2 Å². The van der Waals surface area contributed by atoms with E-state index < -0.39 is 10.0 Å². The maximum atomic E-state index is 12.8. The Kier molecular flexibility index (Phi) is 5.84. The summed E-state index contributed by atoms with van der Waals surface area (Å²) in [5.41, 5.74) is 2.64. The molecule has 1 fully saturated rings. The van der Waals surface area contributed by atoms with Crippen LogP contribution in [-0.4, -0.2) is 34.7 Å². The molecule has 1 aliphatic rings. The molecule has 0 spiro atoms. The summed E-state index contributed by atoms with van der Waals surface area (Å²) in [6.45, 7) is 7.07. The Bertz CT molecular complexity index is 828. The van der Waals surface area contributed by atoms with Crippen molar-refractivity contribution in [1.29, 1.82) is 0 Å². The summed E-state index contributed by atoms with van der Waals surface area (Å²) in [6.07, 6.45) is 1.03.